The Bertz CT molecular complexity index is 451. The van der Waals surface area contributed by atoms with Gasteiger partial charge >= 0.3 is 0 Å². The number of benzene rings is 1. The third-order valence-electron chi connectivity index (χ3n) is 2.82. The van der Waals surface area contributed by atoms with Crippen LogP contribution in [-0.4, -0.2) is 55.9 Å². The third kappa shape index (κ3) is 5.56. The molecule has 6 heteroatoms. The highest BCUT2D eigenvalue weighted by molar-refractivity contribution is 5.93. The summed E-state index contributed by atoms with van der Waals surface area (Å²) in [5, 5.41) is 12.4. The van der Waals surface area contributed by atoms with Gasteiger partial charge in [0.25, 0.3) is 0 Å². The second-order valence-electron chi connectivity index (χ2n) is 4.93. The number of rotatable bonds is 7. The fourth-order valence-electron chi connectivity index (χ4n) is 1.93. The molecule has 1 amide bonds. The highest BCUT2D eigenvalue weighted by atomic mass is 16.5. The first-order valence-corrected chi connectivity index (χ1v) is 6.44. The van der Waals surface area contributed by atoms with Gasteiger partial charge in [-0.1, -0.05) is 0 Å². The van der Waals surface area contributed by atoms with Gasteiger partial charge in [0.1, 0.15) is 0 Å². The van der Waals surface area contributed by atoms with E-state index < -0.39 is 6.10 Å². The van der Waals surface area contributed by atoms with Crippen molar-refractivity contribution in [1.29, 1.82) is 0 Å². The van der Waals surface area contributed by atoms with Gasteiger partial charge in [-0.15, -0.1) is 0 Å². The topological polar surface area (TPSA) is 87.8 Å². The van der Waals surface area contributed by atoms with E-state index >= 15 is 0 Å². The van der Waals surface area contributed by atoms with Crippen LogP contribution in [0.1, 0.15) is 5.56 Å². The predicted octanol–water partition coefficient (Wildman–Crippen LogP) is 0.455. The molecule has 0 fully saturated rings. The molecular weight excluding hydrogens is 258 g/mol. The summed E-state index contributed by atoms with van der Waals surface area (Å²) in [6.45, 7) is 2.72. The lowest BCUT2D eigenvalue weighted by Gasteiger charge is -2.20. The van der Waals surface area contributed by atoms with Crippen LogP contribution in [-0.2, 0) is 9.53 Å². The first kappa shape index (κ1) is 16.4. The number of carbonyl (C=O) groups is 1. The zero-order chi connectivity index (χ0) is 15.1. The van der Waals surface area contributed by atoms with Gasteiger partial charge in [-0.2, -0.15) is 0 Å². The van der Waals surface area contributed by atoms with E-state index in [2.05, 4.69) is 5.32 Å². The normalized spacial score (nSPS) is 12.4. The number of nitrogens with one attached hydrogen (secondary N) is 1. The molecule has 1 atom stereocenters. The molecule has 0 saturated heterocycles. The Hall–Kier alpha value is -1.63. The molecule has 0 saturated carbocycles. The average Bonchev–Trinajstić information content (AvgIpc) is 2.32. The van der Waals surface area contributed by atoms with Gasteiger partial charge in [0, 0.05) is 25.0 Å². The second-order valence-corrected chi connectivity index (χ2v) is 4.93. The lowest BCUT2D eigenvalue weighted by atomic mass is 10.2. The number of aliphatic hydroxyl groups is 1. The zero-order valence-corrected chi connectivity index (χ0v) is 12.2. The first-order chi connectivity index (χ1) is 9.42. The lowest BCUT2D eigenvalue weighted by Crippen LogP contribution is -2.37. The number of anilines is 2. The lowest BCUT2D eigenvalue weighted by molar-refractivity contribution is -0.117. The SMILES string of the molecule is COCC(O)CN(C)CC(=O)Nc1ccc(N)cc1C. The summed E-state index contributed by atoms with van der Waals surface area (Å²) in [6.07, 6.45) is -0.601. The van der Waals surface area contributed by atoms with Crippen LogP contribution < -0.4 is 11.1 Å². The Labute approximate surface area is 119 Å². The summed E-state index contributed by atoms with van der Waals surface area (Å²) >= 11 is 0. The number of aliphatic hydroxyl groups excluding tert-OH is 1. The van der Waals surface area contributed by atoms with E-state index in [1.165, 1.54) is 7.11 Å². The fraction of sp³-hybridized carbons (Fsp3) is 0.500. The number of hydrogen-bond donors (Lipinski definition) is 3. The minimum Gasteiger partial charge on any atom is -0.399 e. The van der Waals surface area contributed by atoms with Crippen molar-refractivity contribution in [2.75, 3.05) is 44.9 Å². The number of nitrogens with zero attached hydrogens (tertiary/aromatic N) is 1. The summed E-state index contributed by atoms with van der Waals surface area (Å²) in [4.78, 5) is 13.6. The Kier molecular flexibility index (Phi) is 6.44. The van der Waals surface area contributed by atoms with Gasteiger partial charge in [0.05, 0.1) is 19.3 Å². The summed E-state index contributed by atoms with van der Waals surface area (Å²) in [6, 6.07) is 5.33. The molecule has 1 rings (SSSR count). The van der Waals surface area contributed by atoms with Crippen molar-refractivity contribution in [3.8, 4) is 0 Å². The van der Waals surface area contributed by atoms with E-state index in [0.29, 0.717) is 12.2 Å². The van der Waals surface area contributed by atoms with Crippen molar-refractivity contribution in [2.24, 2.45) is 0 Å². The van der Waals surface area contributed by atoms with Gasteiger partial charge in [0.2, 0.25) is 5.91 Å². The van der Waals surface area contributed by atoms with Gasteiger partial charge < -0.3 is 20.9 Å². The molecular formula is C14H23N3O3. The van der Waals surface area contributed by atoms with Crippen LogP contribution in [0, 0.1) is 6.92 Å². The summed E-state index contributed by atoms with van der Waals surface area (Å²) in [5.74, 6) is -0.134. The van der Waals surface area contributed by atoms with E-state index in [4.69, 9.17) is 10.5 Å². The maximum Gasteiger partial charge on any atom is 0.238 e. The van der Waals surface area contributed by atoms with E-state index in [-0.39, 0.29) is 19.1 Å². The smallest absolute Gasteiger partial charge is 0.238 e. The van der Waals surface area contributed by atoms with Crippen molar-refractivity contribution < 1.29 is 14.6 Å². The quantitative estimate of drug-likeness (QED) is 0.632. The minimum atomic E-state index is -0.601. The standard InChI is InChI=1S/C14H23N3O3/c1-10-6-11(15)4-5-13(10)16-14(19)8-17(2)7-12(18)9-20-3/h4-6,12,18H,7-9,15H2,1-3H3,(H,16,19). The molecule has 6 nitrogen and oxygen atoms in total. The number of methoxy groups -OCH3 is 1. The van der Waals surface area contributed by atoms with Crippen LogP contribution in [0.5, 0.6) is 0 Å². The molecule has 0 radical (unpaired) electrons. The Morgan fingerprint density at radius 3 is 2.85 bits per heavy atom. The van der Waals surface area contributed by atoms with Crippen LogP contribution in [0.3, 0.4) is 0 Å². The van der Waals surface area contributed by atoms with Crippen LogP contribution in [0.2, 0.25) is 0 Å². The summed E-state index contributed by atoms with van der Waals surface area (Å²) in [5.41, 5.74) is 7.99. The molecule has 1 unspecified atom stereocenters. The van der Waals surface area contributed by atoms with Crippen LogP contribution in [0.15, 0.2) is 18.2 Å². The van der Waals surface area contributed by atoms with Crippen molar-refractivity contribution in [1.82, 2.24) is 4.90 Å². The van der Waals surface area contributed by atoms with Crippen molar-refractivity contribution in [3.05, 3.63) is 23.8 Å². The summed E-state index contributed by atoms with van der Waals surface area (Å²) in [7, 11) is 3.30. The van der Waals surface area contributed by atoms with Crippen LogP contribution in [0.4, 0.5) is 11.4 Å². The van der Waals surface area contributed by atoms with Gasteiger partial charge in [-0.3, -0.25) is 9.69 Å². The van der Waals surface area contributed by atoms with E-state index in [9.17, 15) is 9.90 Å². The molecule has 0 aromatic heterocycles. The Balaban J connectivity index is 2.46. The number of hydrogen-bond acceptors (Lipinski definition) is 5. The monoisotopic (exact) mass is 281 g/mol. The largest absolute Gasteiger partial charge is 0.399 e. The second kappa shape index (κ2) is 7.84. The molecule has 20 heavy (non-hydrogen) atoms. The molecule has 0 aliphatic rings. The third-order valence-corrected chi connectivity index (χ3v) is 2.82. The molecule has 1 aromatic rings. The molecule has 0 heterocycles. The van der Waals surface area contributed by atoms with Crippen LogP contribution in [0.25, 0.3) is 0 Å². The van der Waals surface area contributed by atoms with Crippen molar-refractivity contribution >= 4 is 17.3 Å². The molecule has 0 bridgehead atoms. The maximum atomic E-state index is 11.9. The Morgan fingerprint density at radius 2 is 2.25 bits per heavy atom. The molecule has 112 valence electrons. The number of nitrogens with two attached hydrogens (primary N) is 1. The van der Waals surface area contributed by atoms with Crippen molar-refractivity contribution in [3.63, 3.8) is 0 Å². The summed E-state index contributed by atoms with van der Waals surface area (Å²) < 4.78 is 4.84. The van der Waals surface area contributed by atoms with E-state index in [0.717, 1.165) is 11.3 Å². The first-order valence-electron chi connectivity index (χ1n) is 6.44. The van der Waals surface area contributed by atoms with Gasteiger partial charge in [0.15, 0.2) is 0 Å². The molecule has 0 spiro atoms. The number of amides is 1. The average molecular weight is 281 g/mol. The van der Waals surface area contributed by atoms with Crippen molar-refractivity contribution in [2.45, 2.75) is 13.0 Å². The molecule has 0 aliphatic carbocycles. The number of ether oxygens (including phenoxy) is 1. The van der Waals surface area contributed by atoms with Gasteiger partial charge in [-0.05, 0) is 37.7 Å². The molecule has 0 aliphatic heterocycles. The number of nitrogen functional groups attached to an aromatic ring is 1. The number of likely N-dealkylation sites (N-methyl/N-ethyl adjacent to an activating group) is 1. The molecule has 4 N–H and O–H groups in total. The predicted molar refractivity (Wildman–Crippen MR) is 79.6 cm³/mol. The zero-order valence-electron chi connectivity index (χ0n) is 12.2. The van der Waals surface area contributed by atoms with Crippen LogP contribution >= 0.6 is 0 Å². The highest BCUT2D eigenvalue weighted by Gasteiger charge is 2.12. The van der Waals surface area contributed by atoms with Gasteiger partial charge in [-0.25, -0.2) is 0 Å². The fourth-order valence-corrected chi connectivity index (χ4v) is 1.93. The Morgan fingerprint density at radius 1 is 1.55 bits per heavy atom. The van der Waals surface area contributed by atoms with E-state index in [1.54, 1.807) is 24.1 Å². The van der Waals surface area contributed by atoms with E-state index in [1.807, 2.05) is 13.0 Å². The number of aryl methyl sites for hydroxylation is 1. The maximum absolute atomic E-state index is 11.9. The minimum absolute atomic E-state index is 0.134. The highest BCUT2D eigenvalue weighted by Crippen LogP contribution is 2.17. The number of carbonyl (C=O) groups excluding carboxylic acids is 1. The molecule has 1 aromatic carbocycles.